The van der Waals surface area contributed by atoms with Crippen LogP contribution in [0.25, 0.3) is 0 Å². The van der Waals surface area contributed by atoms with Crippen molar-refractivity contribution in [1.29, 1.82) is 0 Å². The van der Waals surface area contributed by atoms with E-state index in [0.29, 0.717) is 0 Å². The Morgan fingerprint density at radius 2 is 1.16 bits per heavy atom. The van der Waals surface area contributed by atoms with Gasteiger partial charge in [-0.25, -0.2) is 0 Å². The highest BCUT2D eigenvalue weighted by molar-refractivity contribution is 7.99. The van der Waals surface area contributed by atoms with Crippen molar-refractivity contribution in [2.45, 2.75) is 16.7 Å². The van der Waals surface area contributed by atoms with Gasteiger partial charge in [0.25, 0.3) is 5.97 Å². The maximum Gasteiger partial charge on any atom is 0.316 e. The van der Waals surface area contributed by atoms with Crippen LogP contribution < -0.4 is 0 Å². The maximum atomic E-state index is 9.00. The number of rotatable bonds is 2. The summed E-state index contributed by atoms with van der Waals surface area (Å²) in [6, 6.07) is 20.8. The minimum atomic E-state index is -0.833. The third kappa shape index (κ3) is 10.6. The first-order valence-corrected chi connectivity index (χ1v) is 5.97. The molecule has 0 bridgehead atoms. The second-order valence-electron chi connectivity index (χ2n) is 3.25. The molecular weight excluding hydrogens is 273 g/mol. The lowest BCUT2D eigenvalue weighted by molar-refractivity contribution is -0.134. The van der Waals surface area contributed by atoms with Crippen molar-refractivity contribution in [3.63, 3.8) is 0 Å². The average Bonchev–Trinajstić information content (AvgIpc) is 2.31. The lowest BCUT2D eigenvalue weighted by Gasteiger charge is -1.99. The van der Waals surface area contributed by atoms with Gasteiger partial charge in [-0.3, -0.25) is 4.79 Å². The van der Waals surface area contributed by atoms with Gasteiger partial charge in [0.1, 0.15) is 0 Å². The number of carbonyl (C=O) groups is 1. The van der Waals surface area contributed by atoms with Crippen LogP contribution in [0.5, 0.6) is 0 Å². The third-order valence-corrected chi connectivity index (χ3v) is 2.74. The first kappa shape index (κ1) is 20.3. The van der Waals surface area contributed by atoms with Crippen LogP contribution in [0.15, 0.2) is 70.5 Å². The van der Waals surface area contributed by atoms with E-state index in [1.165, 1.54) is 9.79 Å². The first-order chi connectivity index (χ1) is 8.18. The number of benzene rings is 2. The summed E-state index contributed by atoms with van der Waals surface area (Å²) in [5.74, 6) is -0.833. The van der Waals surface area contributed by atoms with Crippen LogP contribution in [0.1, 0.15) is 6.92 Å². The molecule has 3 N–H and O–H groups in total. The smallest absolute Gasteiger partial charge is 0.316 e. The molecule has 0 aliphatic heterocycles. The molecule has 5 heteroatoms. The van der Waals surface area contributed by atoms with E-state index in [-0.39, 0.29) is 28.5 Å². The zero-order valence-corrected chi connectivity index (χ0v) is 10.9. The normalized spacial score (nSPS) is 8.05. The van der Waals surface area contributed by atoms with Gasteiger partial charge < -0.3 is 10.6 Å². The van der Waals surface area contributed by atoms with Crippen molar-refractivity contribution in [3.05, 3.63) is 60.7 Å². The molecule has 0 aliphatic carbocycles. The molecule has 0 amide bonds. The van der Waals surface area contributed by atoms with Crippen LogP contribution in [-0.4, -0.2) is 39.6 Å². The topological polar surface area (TPSA) is 68.8 Å². The summed E-state index contributed by atoms with van der Waals surface area (Å²) in [5.41, 5.74) is 0. The van der Waals surface area contributed by atoms with Crippen molar-refractivity contribution in [3.8, 4) is 0 Å². The van der Waals surface area contributed by atoms with E-state index < -0.39 is 5.97 Å². The van der Waals surface area contributed by atoms with E-state index in [9.17, 15) is 0 Å². The average molecular weight is 291 g/mol. The predicted molar refractivity (Wildman–Crippen MR) is 82.5 cm³/mol. The highest BCUT2D eigenvalue weighted by atomic mass is 32.2. The van der Waals surface area contributed by atoms with Crippen molar-refractivity contribution in [2.75, 3.05) is 0 Å². The third-order valence-electron chi connectivity index (χ3n) is 1.72. The Labute approximate surface area is 133 Å². The van der Waals surface area contributed by atoms with Gasteiger partial charge in [0.05, 0.1) is 0 Å². The molecule has 0 spiro atoms. The molecule has 19 heavy (non-hydrogen) atoms. The Bertz CT molecular complexity index is 407. The summed E-state index contributed by atoms with van der Waals surface area (Å²) >= 11 is 1.79. The number of aliphatic carboxylic acids is 1. The quantitative estimate of drug-likeness (QED) is 0.862. The Hall–Kier alpha value is -1.01. The molecule has 0 unspecified atom stereocenters. The monoisotopic (exact) mass is 290 g/mol. The molecule has 0 heterocycles. The fourth-order valence-corrected chi connectivity index (χ4v) is 1.97. The van der Waals surface area contributed by atoms with Crippen molar-refractivity contribution < 1.29 is 15.4 Å². The minimum Gasteiger partial charge on any atom is -0.481 e. The summed E-state index contributed by atoms with van der Waals surface area (Å²) in [4.78, 5) is 11.6. The molecule has 3 nitrogen and oxygen atoms in total. The molecule has 100 valence electrons. The fourth-order valence-electron chi connectivity index (χ4n) is 1.11. The maximum absolute atomic E-state index is 9.00. The van der Waals surface area contributed by atoms with E-state index in [1.54, 1.807) is 11.8 Å². The van der Waals surface area contributed by atoms with Gasteiger partial charge in [0, 0.05) is 16.7 Å². The van der Waals surface area contributed by atoms with E-state index in [1.807, 2.05) is 12.1 Å². The van der Waals surface area contributed by atoms with Crippen LogP contribution in [0.2, 0.25) is 0 Å². The molecule has 0 saturated heterocycles. The molecular formula is C14H18MgO3S. The number of carboxylic acids is 1. The molecule has 2 aromatic carbocycles. The van der Waals surface area contributed by atoms with E-state index in [4.69, 9.17) is 9.90 Å². The first-order valence-electron chi connectivity index (χ1n) is 5.16. The number of carboxylic acid groups (broad SMARTS) is 1. The van der Waals surface area contributed by atoms with E-state index >= 15 is 0 Å². The van der Waals surface area contributed by atoms with Crippen LogP contribution in [0.4, 0.5) is 0 Å². The van der Waals surface area contributed by atoms with Crippen LogP contribution in [0.3, 0.4) is 0 Å². The van der Waals surface area contributed by atoms with Crippen LogP contribution in [0, 0.1) is 0 Å². The number of hydrogen-bond acceptors (Lipinski definition) is 2. The summed E-state index contributed by atoms with van der Waals surface area (Å²) in [7, 11) is 0. The van der Waals surface area contributed by atoms with Crippen LogP contribution >= 0.6 is 11.8 Å². The number of hydrogen-bond donors (Lipinski definition) is 1. The minimum absolute atomic E-state index is 0. The Morgan fingerprint density at radius 1 is 0.895 bits per heavy atom. The van der Waals surface area contributed by atoms with Crippen LogP contribution in [-0.2, 0) is 4.79 Å². The predicted octanol–water partition coefficient (Wildman–Crippen LogP) is 2.19. The SMILES string of the molecule is CC(=O)O.O.[MgH2].c1ccc(Sc2ccccc2)cc1. The Balaban J connectivity index is 0. The van der Waals surface area contributed by atoms with Crippen molar-refractivity contribution in [2.24, 2.45) is 0 Å². The standard InChI is InChI=1S/C12H10S.C2H4O2.Mg.H2O.2H/c1-3-7-11(8-4-1)13-12-9-5-2-6-10-12;1-2(3)4;;;;/h1-10H;1H3,(H,3,4);;1H2;;. The summed E-state index contributed by atoms with van der Waals surface area (Å²) in [5, 5.41) is 7.42. The van der Waals surface area contributed by atoms with Gasteiger partial charge in [-0.1, -0.05) is 48.2 Å². The molecule has 0 aromatic heterocycles. The second-order valence-corrected chi connectivity index (χ2v) is 4.39. The van der Waals surface area contributed by atoms with Crippen molar-refractivity contribution >= 4 is 40.8 Å². The largest absolute Gasteiger partial charge is 0.481 e. The van der Waals surface area contributed by atoms with Crippen molar-refractivity contribution in [1.82, 2.24) is 0 Å². The molecule has 0 radical (unpaired) electrons. The molecule has 2 rings (SSSR count). The Kier molecular flexibility index (Phi) is 12.9. The van der Waals surface area contributed by atoms with E-state index in [0.717, 1.165) is 6.92 Å². The lowest BCUT2D eigenvalue weighted by Crippen LogP contribution is -1.78. The highest BCUT2D eigenvalue weighted by Gasteiger charge is 1.93. The molecule has 0 fully saturated rings. The summed E-state index contributed by atoms with van der Waals surface area (Å²) < 4.78 is 0. The molecule has 0 saturated carbocycles. The Morgan fingerprint density at radius 3 is 1.42 bits per heavy atom. The van der Waals surface area contributed by atoms with Gasteiger partial charge in [0.2, 0.25) is 0 Å². The lowest BCUT2D eigenvalue weighted by atomic mass is 10.4. The molecule has 2 aromatic rings. The second kappa shape index (κ2) is 12.0. The molecule has 0 atom stereocenters. The molecule has 0 aliphatic rings. The van der Waals surface area contributed by atoms with Gasteiger partial charge in [0.15, 0.2) is 0 Å². The van der Waals surface area contributed by atoms with Gasteiger partial charge >= 0.3 is 23.1 Å². The van der Waals surface area contributed by atoms with Gasteiger partial charge in [-0.15, -0.1) is 0 Å². The fraction of sp³-hybridized carbons (Fsp3) is 0.0714. The zero-order chi connectivity index (χ0) is 12.5. The van der Waals surface area contributed by atoms with Gasteiger partial charge in [-0.2, -0.15) is 0 Å². The summed E-state index contributed by atoms with van der Waals surface area (Å²) in [6.07, 6.45) is 0. The highest BCUT2D eigenvalue weighted by Crippen LogP contribution is 2.26. The van der Waals surface area contributed by atoms with Gasteiger partial charge in [-0.05, 0) is 24.3 Å². The zero-order valence-electron chi connectivity index (χ0n) is 10.0. The summed E-state index contributed by atoms with van der Waals surface area (Å²) in [6.45, 7) is 1.08. The van der Waals surface area contributed by atoms with E-state index in [2.05, 4.69) is 48.5 Å².